The smallest absolute Gasteiger partial charge is 0.191 e. The van der Waals surface area contributed by atoms with E-state index in [-0.39, 0.29) is 6.10 Å². The molecular weight excluding hydrogens is 406 g/mol. The van der Waals surface area contributed by atoms with Crippen LogP contribution in [0.1, 0.15) is 38.3 Å². The summed E-state index contributed by atoms with van der Waals surface area (Å²) in [5.74, 6) is 3.36. The second-order valence-corrected chi connectivity index (χ2v) is 8.49. The van der Waals surface area contributed by atoms with Gasteiger partial charge in [0.05, 0.1) is 7.11 Å². The van der Waals surface area contributed by atoms with Crippen LogP contribution in [0.5, 0.6) is 11.5 Å². The molecule has 0 saturated heterocycles. The summed E-state index contributed by atoms with van der Waals surface area (Å²) >= 11 is 7.93. The molecule has 0 spiro atoms. The molecule has 1 unspecified atom stereocenters. The van der Waals surface area contributed by atoms with Crippen LogP contribution >= 0.6 is 23.4 Å². The Bertz CT molecular complexity index is 945. The average molecular weight is 432 g/mol. The molecule has 0 aliphatic heterocycles. The molecule has 0 aliphatic carbocycles. The van der Waals surface area contributed by atoms with Crippen molar-refractivity contribution in [3.05, 3.63) is 64.9 Å². The van der Waals surface area contributed by atoms with Crippen molar-refractivity contribution in [2.24, 2.45) is 5.92 Å². The summed E-state index contributed by atoms with van der Waals surface area (Å²) in [5, 5.41) is 10.5. The van der Waals surface area contributed by atoms with Gasteiger partial charge in [-0.25, -0.2) is 0 Å². The Morgan fingerprint density at radius 1 is 1.00 bits per heavy atom. The molecule has 1 atom stereocenters. The minimum absolute atomic E-state index is 0.271. The standard InChI is InChI=1S/C22H26ClN3O2S/c1-15(2)13-26-21(16(3)28-20-12-8-7-11-19(20)27-4)24-25-22(26)29-14-17-9-5-6-10-18(17)23/h5-12,15-16H,13-14H2,1-4H3. The number of aromatic nitrogens is 3. The van der Waals surface area contributed by atoms with Crippen molar-refractivity contribution in [1.29, 1.82) is 0 Å². The van der Waals surface area contributed by atoms with E-state index in [2.05, 4.69) is 28.6 Å². The third-order valence-corrected chi connectivity index (χ3v) is 5.73. The molecule has 5 nitrogen and oxygen atoms in total. The fourth-order valence-corrected chi connectivity index (χ4v) is 4.20. The summed E-state index contributed by atoms with van der Waals surface area (Å²) in [7, 11) is 1.64. The molecule has 0 radical (unpaired) electrons. The minimum Gasteiger partial charge on any atom is -0.493 e. The van der Waals surface area contributed by atoms with Crippen LogP contribution in [-0.2, 0) is 12.3 Å². The molecule has 0 saturated carbocycles. The molecule has 0 N–H and O–H groups in total. The van der Waals surface area contributed by atoms with E-state index in [4.69, 9.17) is 21.1 Å². The van der Waals surface area contributed by atoms with Crippen LogP contribution in [0.15, 0.2) is 53.7 Å². The van der Waals surface area contributed by atoms with E-state index in [9.17, 15) is 0 Å². The van der Waals surface area contributed by atoms with Crippen LogP contribution in [0.4, 0.5) is 0 Å². The number of hydrogen-bond acceptors (Lipinski definition) is 5. The number of para-hydroxylation sites is 2. The van der Waals surface area contributed by atoms with Gasteiger partial charge in [0.15, 0.2) is 28.6 Å². The zero-order valence-electron chi connectivity index (χ0n) is 17.1. The highest BCUT2D eigenvalue weighted by Gasteiger charge is 2.21. The monoisotopic (exact) mass is 431 g/mol. The van der Waals surface area contributed by atoms with Crippen LogP contribution in [0.25, 0.3) is 0 Å². The van der Waals surface area contributed by atoms with Crippen LogP contribution in [0.3, 0.4) is 0 Å². The van der Waals surface area contributed by atoms with Crippen molar-refractivity contribution in [2.45, 2.75) is 44.3 Å². The van der Waals surface area contributed by atoms with Crippen molar-refractivity contribution in [3.63, 3.8) is 0 Å². The molecule has 1 heterocycles. The summed E-state index contributed by atoms with van der Waals surface area (Å²) in [6.45, 7) is 7.15. The van der Waals surface area contributed by atoms with Gasteiger partial charge >= 0.3 is 0 Å². The fourth-order valence-electron chi connectivity index (χ4n) is 2.96. The Morgan fingerprint density at radius 3 is 2.38 bits per heavy atom. The molecule has 0 amide bonds. The number of hydrogen-bond donors (Lipinski definition) is 0. The molecular formula is C22H26ClN3O2S. The maximum atomic E-state index is 6.30. The van der Waals surface area contributed by atoms with Gasteiger partial charge in [-0.05, 0) is 36.6 Å². The van der Waals surface area contributed by atoms with Gasteiger partial charge in [0, 0.05) is 17.3 Å². The molecule has 7 heteroatoms. The van der Waals surface area contributed by atoms with E-state index in [1.54, 1.807) is 18.9 Å². The van der Waals surface area contributed by atoms with Crippen molar-refractivity contribution >= 4 is 23.4 Å². The van der Waals surface area contributed by atoms with Crippen molar-refractivity contribution in [2.75, 3.05) is 7.11 Å². The second-order valence-electron chi connectivity index (χ2n) is 7.14. The maximum absolute atomic E-state index is 6.30. The first kappa shape index (κ1) is 21.5. The molecule has 3 aromatic rings. The van der Waals surface area contributed by atoms with E-state index in [1.807, 2.05) is 55.5 Å². The maximum Gasteiger partial charge on any atom is 0.191 e. The van der Waals surface area contributed by atoms with Gasteiger partial charge in [0.1, 0.15) is 0 Å². The van der Waals surface area contributed by atoms with Gasteiger partial charge in [0.2, 0.25) is 0 Å². The Balaban J connectivity index is 1.82. The first-order valence-electron chi connectivity index (χ1n) is 9.58. The predicted octanol–water partition coefficient (Wildman–Crippen LogP) is 6.03. The van der Waals surface area contributed by atoms with Gasteiger partial charge < -0.3 is 14.0 Å². The zero-order valence-corrected chi connectivity index (χ0v) is 18.7. The van der Waals surface area contributed by atoms with Gasteiger partial charge in [-0.15, -0.1) is 10.2 Å². The minimum atomic E-state index is -0.271. The van der Waals surface area contributed by atoms with E-state index in [0.717, 1.165) is 33.9 Å². The molecule has 0 aliphatic rings. The van der Waals surface area contributed by atoms with Gasteiger partial charge in [-0.1, -0.05) is 67.5 Å². The normalized spacial score (nSPS) is 12.2. The number of rotatable bonds is 9. The number of nitrogens with zero attached hydrogens (tertiary/aromatic N) is 3. The van der Waals surface area contributed by atoms with E-state index >= 15 is 0 Å². The second kappa shape index (κ2) is 10.0. The van der Waals surface area contributed by atoms with Crippen LogP contribution in [-0.4, -0.2) is 21.9 Å². The Morgan fingerprint density at radius 2 is 1.69 bits per heavy atom. The largest absolute Gasteiger partial charge is 0.493 e. The van der Waals surface area contributed by atoms with Crippen molar-refractivity contribution in [3.8, 4) is 11.5 Å². The summed E-state index contributed by atoms with van der Waals surface area (Å²) in [6, 6.07) is 15.5. The van der Waals surface area contributed by atoms with Gasteiger partial charge in [0.25, 0.3) is 0 Å². The quantitative estimate of drug-likeness (QED) is 0.387. The van der Waals surface area contributed by atoms with E-state index < -0.39 is 0 Å². The summed E-state index contributed by atoms with van der Waals surface area (Å²) in [6.07, 6.45) is -0.271. The highest BCUT2D eigenvalue weighted by molar-refractivity contribution is 7.98. The molecule has 154 valence electrons. The lowest BCUT2D eigenvalue weighted by molar-refractivity contribution is 0.198. The topological polar surface area (TPSA) is 49.2 Å². The number of halogens is 1. The number of ether oxygens (including phenoxy) is 2. The lowest BCUT2D eigenvalue weighted by atomic mass is 10.2. The summed E-state index contributed by atoms with van der Waals surface area (Å²) in [4.78, 5) is 0. The average Bonchev–Trinajstić information content (AvgIpc) is 3.09. The third-order valence-electron chi connectivity index (χ3n) is 4.34. The van der Waals surface area contributed by atoms with E-state index in [0.29, 0.717) is 17.4 Å². The third kappa shape index (κ3) is 5.46. The van der Waals surface area contributed by atoms with Gasteiger partial charge in [-0.3, -0.25) is 0 Å². The van der Waals surface area contributed by atoms with Crippen LogP contribution in [0, 0.1) is 5.92 Å². The van der Waals surface area contributed by atoms with Crippen molar-refractivity contribution < 1.29 is 9.47 Å². The SMILES string of the molecule is COc1ccccc1OC(C)c1nnc(SCc2ccccc2Cl)n1CC(C)C. The number of benzene rings is 2. The van der Waals surface area contributed by atoms with Crippen LogP contribution < -0.4 is 9.47 Å². The molecule has 2 aromatic carbocycles. The van der Waals surface area contributed by atoms with Crippen LogP contribution in [0.2, 0.25) is 5.02 Å². The highest BCUT2D eigenvalue weighted by Crippen LogP contribution is 2.32. The first-order valence-corrected chi connectivity index (χ1v) is 10.9. The molecule has 0 bridgehead atoms. The predicted molar refractivity (Wildman–Crippen MR) is 118 cm³/mol. The molecule has 1 aromatic heterocycles. The lowest BCUT2D eigenvalue weighted by Crippen LogP contribution is -2.15. The first-order chi connectivity index (χ1) is 14.0. The highest BCUT2D eigenvalue weighted by atomic mass is 35.5. The lowest BCUT2D eigenvalue weighted by Gasteiger charge is -2.19. The van der Waals surface area contributed by atoms with E-state index in [1.165, 1.54) is 0 Å². The van der Waals surface area contributed by atoms with Gasteiger partial charge in [-0.2, -0.15) is 0 Å². The van der Waals surface area contributed by atoms with Crippen molar-refractivity contribution in [1.82, 2.24) is 14.8 Å². The molecule has 3 rings (SSSR count). The zero-order chi connectivity index (χ0) is 20.8. The molecule has 0 fully saturated rings. The molecule has 29 heavy (non-hydrogen) atoms. The summed E-state index contributed by atoms with van der Waals surface area (Å²) in [5.41, 5.74) is 1.08. The Labute approximate surface area is 181 Å². The number of methoxy groups -OCH3 is 1. The Hall–Kier alpha value is -2.18. The summed E-state index contributed by atoms with van der Waals surface area (Å²) < 4.78 is 13.7. The Kier molecular flexibility index (Phi) is 7.45. The number of thioether (sulfide) groups is 1. The fraction of sp³-hybridized carbons (Fsp3) is 0.364.